The van der Waals surface area contributed by atoms with Gasteiger partial charge in [-0.15, -0.1) is 0 Å². The minimum absolute atomic E-state index is 0.0151. The van der Waals surface area contributed by atoms with Gasteiger partial charge >= 0.3 is 0 Å². The first-order valence-electron chi connectivity index (χ1n) is 7.19. The van der Waals surface area contributed by atoms with Crippen molar-refractivity contribution in [2.45, 2.75) is 32.2 Å². The van der Waals surface area contributed by atoms with Gasteiger partial charge < -0.3 is 4.90 Å². The molecule has 1 aliphatic heterocycles. The van der Waals surface area contributed by atoms with E-state index in [2.05, 4.69) is 4.72 Å². The summed E-state index contributed by atoms with van der Waals surface area (Å²) >= 11 is 0. The predicted octanol–water partition coefficient (Wildman–Crippen LogP) is 1.54. The van der Waals surface area contributed by atoms with Crippen molar-refractivity contribution in [3.05, 3.63) is 35.4 Å². The molecule has 0 unspecified atom stereocenters. The summed E-state index contributed by atoms with van der Waals surface area (Å²) in [6.07, 6.45) is 3.96. The van der Waals surface area contributed by atoms with Crippen LogP contribution in [0.2, 0.25) is 0 Å². The van der Waals surface area contributed by atoms with E-state index in [1.807, 2.05) is 31.2 Å². The molecule has 1 aromatic rings. The molecule has 21 heavy (non-hydrogen) atoms. The zero-order valence-electron chi connectivity index (χ0n) is 12.5. The molecule has 0 bridgehead atoms. The Morgan fingerprint density at radius 1 is 1.38 bits per heavy atom. The highest BCUT2D eigenvalue weighted by Crippen LogP contribution is 2.20. The van der Waals surface area contributed by atoms with Gasteiger partial charge in [0, 0.05) is 24.7 Å². The number of sulfonamides is 1. The van der Waals surface area contributed by atoms with Gasteiger partial charge in [0.05, 0.1) is 6.26 Å². The van der Waals surface area contributed by atoms with Gasteiger partial charge in [-0.1, -0.05) is 17.7 Å². The van der Waals surface area contributed by atoms with E-state index in [1.165, 1.54) is 0 Å². The topological polar surface area (TPSA) is 66.5 Å². The third kappa shape index (κ3) is 4.54. The number of aryl methyl sites for hydroxylation is 1. The van der Waals surface area contributed by atoms with E-state index < -0.39 is 10.0 Å². The fraction of sp³-hybridized carbons (Fsp3) is 0.533. The summed E-state index contributed by atoms with van der Waals surface area (Å²) in [7, 11) is -3.23. The molecule has 1 atom stereocenters. The lowest BCUT2D eigenvalue weighted by molar-refractivity contribution is 0.0618. The molecule has 1 aromatic carbocycles. The normalized spacial score (nSPS) is 19.5. The standard InChI is InChI=1S/C15H22N2O3S/c1-12-6-5-7-13(10-12)15(18)17-9-4-3-8-14(17)11-16-21(2,19)20/h5-7,10,14,16H,3-4,8-9,11H2,1-2H3/t14-/m1/s1. The molecule has 0 spiro atoms. The van der Waals surface area contributed by atoms with Crippen molar-refractivity contribution < 1.29 is 13.2 Å². The number of nitrogens with zero attached hydrogens (tertiary/aromatic N) is 1. The maximum atomic E-state index is 12.6. The molecule has 6 heteroatoms. The number of carbonyl (C=O) groups is 1. The number of carbonyl (C=O) groups excluding carboxylic acids is 1. The number of hydrogen-bond donors (Lipinski definition) is 1. The van der Waals surface area contributed by atoms with Crippen molar-refractivity contribution >= 4 is 15.9 Å². The lowest BCUT2D eigenvalue weighted by Gasteiger charge is -2.36. The fourth-order valence-corrected chi connectivity index (χ4v) is 3.17. The van der Waals surface area contributed by atoms with Crippen molar-refractivity contribution in [2.24, 2.45) is 0 Å². The highest BCUT2D eigenvalue weighted by atomic mass is 32.2. The van der Waals surface area contributed by atoms with E-state index in [4.69, 9.17) is 0 Å². The minimum Gasteiger partial charge on any atom is -0.334 e. The van der Waals surface area contributed by atoms with E-state index in [0.29, 0.717) is 12.1 Å². The van der Waals surface area contributed by atoms with Gasteiger partial charge in [-0.3, -0.25) is 4.79 Å². The van der Waals surface area contributed by atoms with Crippen LogP contribution in [0.4, 0.5) is 0 Å². The van der Waals surface area contributed by atoms with Crippen molar-refractivity contribution in [2.75, 3.05) is 19.3 Å². The molecule has 0 aliphatic carbocycles. The molecular weight excluding hydrogens is 288 g/mol. The maximum Gasteiger partial charge on any atom is 0.254 e. The van der Waals surface area contributed by atoms with Crippen molar-refractivity contribution in [3.8, 4) is 0 Å². The second-order valence-corrected chi connectivity index (χ2v) is 7.47. The number of piperidine rings is 1. The summed E-state index contributed by atoms with van der Waals surface area (Å²) in [4.78, 5) is 14.4. The molecule has 0 saturated carbocycles. The largest absolute Gasteiger partial charge is 0.334 e. The van der Waals surface area contributed by atoms with Crippen LogP contribution in [0, 0.1) is 6.92 Å². The SMILES string of the molecule is Cc1cccc(C(=O)N2CCCC[C@@H]2CNS(C)(=O)=O)c1. The highest BCUT2D eigenvalue weighted by molar-refractivity contribution is 7.88. The van der Waals surface area contributed by atoms with E-state index in [0.717, 1.165) is 31.1 Å². The van der Waals surface area contributed by atoms with Crippen LogP contribution < -0.4 is 4.72 Å². The fourth-order valence-electron chi connectivity index (χ4n) is 2.67. The zero-order chi connectivity index (χ0) is 15.5. The second kappa shape index (κ2) is 6.58. The van der Waals surface area contributed by atoms with Crippen molar-refractivity contribution in [1.82, 2.24) is 9.62 Å². The van der Waals surface area contributed by atoms with Crippen molar-refractivity contribution in [1.29, 1.82) is 0 Å². The molecular formula is C15H22N2O3S. The second-order valence-electron chi connectivity index (χ2n) is 5.64. The van der Waals surface area contributed by atoms with Crippen molar-refractivity contribution in [3.63, 3.8) is 0 Å². The molecule has 1 fully saturated rings. The Bertz CT molecular complexity index is 613. The van der Waals surface area contributed by atoms with E-state index in [1.54, 1.807) is 4.90 Å². The quantitative estimate of drug-likeness (QED) is 0.917. The van der Waals surface area contributed by atoms with Gasteiger partial charge in [-0.05, 0) is 38.3 Å². The summed E-state index contributed by atoms with van der Waals surface area (Å²) in [5, 5.41) is 0. The number of likely N-dealkylation sites (tertiary alicyclic amines) is 1. The molecule has 1 amide bonds. The smallest absolute Gasteiger partial charge is 0.254 e. The van der Waals surface area contributed by atoms with Crippen LogP contribution in [0.3, 0.4) is 0 Å². The third-order valence-electron chi connectivity index (χ3n) is 3.73. The molecule has 1 heterocycles. The van der Waals surface area contributed by atoms with Crippen LogP contribution in [0.5, 0.6) is 0 Å². The van der Waals surface area contributed by atoms with Gasteiger partial charge in [0.1, 0.15) is 0 Å². The third-order valence-corrected chi connectivity index (χ3v) is 4.43. The lowest BCUT2D eigenvalue weighted by atomic mass is 10.0. The zero-order valence-corrected chi connectivity index (χ0v) is 13.3. The van der Waals surface area contributed by atoms with Crippen LogP contribution >= 0.6 is 0 Å². The Kier molecular flexibility index (Phi) is 5.00. The van der Waals surface area contributed by atoms with E-state index >= 15 is 0 Å². The Morgan fingerprint density at radius 2 is 2.14 bits per heavy atom. The number of nitrogens with one attached hydrogen (secondary N) is 1. The average Bonchev–Trinajstić information content (AvgIpc) is 2.44. The number of hydrogen-bond acceptors (Lipinski definition) is 3. The van der Waals surface area contributed by atoms with E-state index in [9.17, 15) is 13.2 Å². The number of amides is 1. The maximum absolute atomic E-state index is 12.6. The molecule has 0 aromatic heterocycles. The summed E-state index contributed by atoms with van der Waals surface area (Å²) in [6.45, 7) is 2.93. The van der Waals surface area contributed by atoms with Gasteiger partial charge in [0.25, 0.3) is 5.91 Å². The van der Waals surface area contributed by atoms with E-state index in [-0.39, 0.29) is 18.5 Å². The van der Waals surface area contributed by atoms with Crippen LogP contribution in [-0.4, -0.2) is 44.6 Å². The van der Waals surface area contributed by atoms with Crippen LogP contribution in [0.15, 0.2) is 24.3 Å². The van der Waals surface area contributed by atoms with Gasteiger partial charge in [0.2, 0.25) is 10.0 Å². The Labute approximate surface area is 126 Å². The first-order chi connectivity index (χ1) is 9.87. The van der Waals surface area contributed by atoms with Gasteiger partial charge in [-0.25, -0.2) is 13.1 Å². The molecule has 1 saturated heterocycles. The van der Waals surface area contributed by atoms with Crippen LogP contribution in [0.25, 0.3) is 0 Å². The number of benzene rings is 1. The molecule has 5 nitrogen and oxygen atoms in total. The molecule has 1 aliphatic rings. The van der Waals surface area contributed by atoms with Crippen LogP contribution in [-0.2, 0) is 10.0 Å². The highest BCUT2D eigenvalue weighted by Gasteiger charge is 2.27. The Hall–Kier alpha value is -1.40. The van der Waals surface area contributed by atoms with Gasteiger partial charge in [-0.2, -0.15) is 0 Å². The Balaban J connectivity index is 2.12. The minimum atomic E-state index is -3.23. The lowest BCUT2D eigenvalue weighted by Crippen LogP contribution is -2.49. The number of rotatable bonds is 4. The van der Waals surface area contributed by atoms with Crippen LogP contribution in [0.1, 0.15) is 35.2 Å². The molecule has 0 radical (unpaired) electrons. The summed E-state index contributed by atoms with van der Waals surface area (Å²) < 4.78 is 25.0. The molecule has 2 rings (SSSR count). The predicted molar refractivity (Wildman–Crippen MR) is 82.7 cm³/mol. The first-order valence-corrected chi connectivity index (χ1v) is 9.08. The van der Waals surface area contributed by atoms with Gasteiger partial charge in [0.15, 0.2) is 0 Å². The monoisotopic (exact) mass is 310 g/mol. The molecule has 1 N–H and O–H groups in total. The summed E-state index contributed by atoms with van der Waals surface area (Å²) in [5.41, 5.74) is 1.71. The Morgan fingerprint density at radius 3 is 2.81 bits per heavy atom. The summed E-state index contributed by atoms with van der Waals surface area (Å²) in [6, 6.07) is 7.44. The first kappa shape index (κ1) is 16.0. The summed E-state index contributed by atoms with van der Waals surface area (Å²) in [5.74, 6) is -0.0151. The average molecular weight is 310 g/mol. The molecule has 116 valence electrons.